The van der Waals surface area contributed by atoms with E-state index >= 15 is 0 Å². The SMILES string of the molecule is CCc1nc2c(F)ccc(OCC(=O)OC)c2c(OC(F)F)c1Cc1ccc(C(C)=O)cc1. The number of hydrogen-bond donors (Lipinski definition) is 0. The standard InChI is InChI=1S/C24H22F3NO5/c1-4-18-16(11-14-5-7-15(8-6-14)13(2)29)23(33-24(26)27)21-19(32-12-20(30)31-3)10-9-17(25)22(21)28-18/h5-10,24H,4,11-12H2,1-3H3. The lowest BCUT2D eigenvalue weighted by atomic mass is 9.97. The van der Waals surface area contributed by atoms with Crippen molar-refractivity contribution in [2.45, 2.75) is 33.3 Å². The molecule has 0 aliphatic rings. The monoisotopic (exact) mass is 461 g/mol. The average Bonchev–Trinajstić information content (AvgIpc) is 2.79. The van der Waals surface area contributed by atoms with Crippen LogP contribution in [-0.4, -0.2) is 37.1 Å². The van der Waals surface area contributed by atoms with Gasteiger partial charge < -0.3 is 14.2 Å². The van der Waals surface area contributed by atoms with Gasteiger partial charge in [-0.15, -0.1) is 0 Å². The summed E-state index contributed by atoms with van der Waals surface area (Å²) >= 11 is 0. The molecule has 0 atom stereocenters. The van der Waals surface area contributed by atoms with E-state index in [0.29, 0.717) is 28.8 Å². The van der Waals surface area contributed by atoms with E-state index in [0.717, 1.165) is 6.07 Å². The molecular formula is C24H22F3NO5. The Morgan fingerprint density at radius 2 is 1.79 bits per heavy atom. The molecule has 0 bridgehead atoms. The molecule has 0 spiro atoms. The quantitative estimate of drug-likeness (QED) is 0.334. The Kier molecular flexibility index (Phi) is 7.52. The summed E-state index contributed by atoms with van der Waals surface area (Å²) in [5.74, 6) is -1.88. The van der Waals surface area contributed by atoms with Crippen molar-refractivity contribution >= 4 is 22.7 Å². The van der Waals surface area contributed by atoms with Gasteiger partial charge in [0.25, 0.3) is 0 Å². The van der Waals surface area contributed by atoms with Crippen LogP contribution in [0.2, 0.25) is 0 Å². The number of methoxy groups -OCH3 is 1. The van der Waals surface area contributed by atoms with Gasteiger partial charge >= 0.3 is 12.6 Å². The summed E-state index contributed by atoms with van der Waals surface area (Å²) in [4.78, 5) is 27.4. The highest BCUT2D eigenvalue weighted by atomic mass is 19.3. The molecule has 3 rings (SSSR count). The lowest BCUT2D eigenvalue weighted by molar-refractivity contribution is -0.142. The number of alkyl halides is 2. The predicted octanol–water partition coefficient (Wildman–Crippen LogP) is 4.88. The maximum absolute atomic E-state index is 14.7. The second-order valence-electron chi connectivity index (χ2n) is 7.16. The number of rotatable bonds is 9. The Morgan fingerprint density at radius 1 is 1.09 bits per heavy atom. The number of hydrogen-bond acceptors (Lipinski definition) is 6. The Morgan fingerprint density at radius 3 is 2.36 bits per heavy atom. The molecule has 0 fully saturated rings. The van der Waals surface area contributed by atoms with Crippen LogP contribution in [0.5, 0.6) is 11.5 Å². The minimum absolute atomic E-state index is 0.0456. The normalized spacial score (nSPS) is 11.0. The van der Waals surface area contributed by atoms with Gasteiger partial charge in [-0.1, -0.05) is 31.2 Å². The number of esters is 1. The lowest BCUT2D eigenvalue weighted by Crippen LogP contribution is -2.14. The molecule has 0 amide bonds. The topological polar surface area (TPSA) is 74.7 Å². The molecule has 9 heteroatoms. The van der Waals surface area contributed by atoms with Gasteiger partial charge in [0.15, 0.2) is 12.4 Å². The molecule has 2 aromatic carbocycles. The number of aryl methyl sites for hydroxylation is 1. The number of benzene rings is 2. The number of halogens is 3. The molecule has 0 saturated heterocycles. The van der Waals surface area contributed by atoms with E-state index in [1.54, 1.807) is 31.2 Å². The van der Waals surface area contributed by atoms with Gasteiger partial charge in [-0.3, -0.25) is 4.79 Å². The molecule has 0 aliphatic heterocycles. The van der Waals surface area contributed by atoms with Crippen molar-refractivity contribution in [2.75, 3.05) is 13.7 Å². The second kappa shape index (κ2) is 10.3. The summed E-state index contributed by atoms with van der Waals surface area (Å²) in [6.07, 6.45) is 0.461. The Bertz CT molecular complexity index is 1180. The number of carbonyl (C=O) groups is 2. The van der Waals surface area contributed by atoms with E-state index < -0.39 is 25.0 Å². The van der Waals surface area contributed by atoms with Crippen molar-refractivity contribution in [3.05, 3.63) is 64.6 Å². The lowest BCUT2D eigenvalue weighted by Gasteiger charge is -2.19. The first-order chi connectivity index (χ1) is 15.7. The smallest absolute Gasteiger partial charge is 0.387 e. The van der Waals surface area contributed by atoms with E-state index in [2.05, 4.69) is 9.72 Å². The third-order valence-corrected chi connectivity index (χ3v) is 5.04. The van der Waals surface area contributed by atoms with Crippen LogP contribution >= 0.6 is 0 Å². The minimum atomic E-state index is -3.20. The molecule has 0 saturated carbocycles. The summed E-state index contributed by atoms with van der Waals surface area (Å²) in [5, 5.41) is -0.105. The molecule has 0 unspecified atom stereocenters. The van der Waals surface area contributed by atoms with Crippen LogP contribution in [0.1, 0.15) is 41.0 Å². The number of ketones is 1. The van der Waals surface area contributed by atoms with Crippen molar-refractivity contribution < 1.29 is 37.0 Å². The van der Waals surface area contributed by atoms with Crippen LogP contribution in [-0.2, 0) is 22.4 Å². The number of ether oxygens (including phenoxy) is 3. The molecule has 0 radical (unpaired) electrons. The van der Waals surface area contributed by atoms with E-state index in [-0.39, 0.29) is 34.6 Å². The van der Waals surface area contributed by atoms with Crippen LogP contribution in [0.25, 0.3) is 10.9 Å². The van der Waals surface area contributed by atoms with Crippen molar-refractivity contribution in [1.82, 2.24) is 4.98 Å². The maximum Gasteiger partial charge on any atom is 0.387 e. The zero-order chi connectivity index (χ0) is 24.1. The molecule has 1 heterocycles. The van der Waals surface area contributed by atoms with Crippen molar-refractivity contribution in [1.29, 1.82) is 0 Å². The van der Waals surface area contributed by atoms with Gasteiger partial charge in [0, 0.05) is 23.2 Å². The number of Topliss-reactive ketones (excluding diaryl/α,β-unsaturated/α-hetero) is 1. The summed E-state index contributed by atoms with van der Waals surface area (Å²) < 4.78 is 56.4. The third-order valence-electron chi connectivity index (χ3n) is 5.04. The largest absolute Gasteiger partial charge is 0.481 e. The van der Waals surface area contributed by atoms with Gasteiger partial charge in [0.05, 0.1) is 12.5 Å². The Balaban J connectivity index is 2.21. The molecule has 3 aromatic rings. The Labute approximate surface area is 188 Å². The fraction of sp³-hybridized carbons (Fsp3) is 0.292. The highest BCUT2D eigenvalue weighted by molar-refractivity contribution is 5.94. The molecule has 1 aromatic heterocycles. The average molecular weight is 461 g/mol. The van der Waals surface area contributed by atoms with Crippen LogP contribution in [0.4, 0.5) is 13.2 Å². The zero-order valence-electron chi connectivity index (χ0n) is 18.3. The van der Waals surface area contributed by atoms with Crippen molar-refractivity contribution in [2.24, 2.45) is 0 Å². The molecule has 174 valence electrons. The number of pyridine rings is 1. The molecule has 0 aliphatic carbocycles. The highest BCUT2D eigenvalue weighted by Gasteiger charge is 2.24. The first kappa shape index (κ1) is 24.0. The van der Waals surface area contributed by atoms with E-state index in [1.807, 2.05) is 0 Å². The summed E-state index contributed by atoms with van der Waals surface area (Å²) in [7, 11) is 1.17. The molecule has 33 heavy (non-hydrogen) atoms. The molecule has 0 N–H and O–H groups in total. The molecule has 6 nitrogen and oxygen atoms in total. The van der Waals surface area contributed by atoms with Crippen LogP contribution in [0.3, 0.4) is 0 Å². The summed E-state index contributed by atoms with van der Waals surface area (Å²) in [6, 6.07) is 8.97. The summed E-state index contributed by atoms with van der Waals surface area (Å²) in [6.45, 7) is -0.506. The second-order valence-corrected chi connectivity index (χ2v) is 7.16. The van der Waals surface area contributed by atoms with Crippen LogP contribution in [0.15, 0.2) is 36.4 Å². The fourth-order valence-corrected chi connectivity index (χ4v) is 3.43. The predicted molar refractivity (Wildman–Crippen MR) is 114 cm³/mol. The van der Waals surface area contributed by atoms with Gasteiger partial charge in [0.1, 0.15) is 22.8 Å². The first-order valence-corrected chi connectivity index (χ1v) is 10.1. The van der Waals surface area contributed by atoms with E-state index in [4.69, 9.17) is 9.47 Å². The number of carbonyl (C=O) groups excluding carboxylic acids is 2. The maximum atomic E-state index is 14.7. The fourth-order valence-electron chi connectivity index (χ4n) is 3.43. The Hall–Kier alpha value is -3.62. The number of aromatic nitrogens is 1. The van der Waals surface area contributed by atoms with Gasteiger partial charge in [-0.2, -0.15) is 8.78 Å². The van der Waals surface area contributed by atoms with E-state index in [1.165, 1.54) is 20.1 Å². The van der Waals surface area contributed by atoms with Gasteiger partial charge in [-0.25, -0.2) is 14.2 Å². The first-order valence-electron chi connectivity index (χ1n) is 10.1. The third kappa shape index (κ3) is 5.42. The van der Waals surface area contributed by atoms with Gasteiger partial charge in [-0.05, 0) is 31.0 Å². The van der Waals surface area contributed by atoms with Crippen molar-refractivity contribution in [3.63, 3.8) is 0 Å². The molecular weight excluding hydrogens is 439 g/mol. The van der Waals surface area contributed by atoms with E-state index in [9.17, 15) is 22.8 Å². The number of nitrogens with zero attached hydrogens (tertiary/aromatic N) is 1. The van der Waals surface area contributed by atoms with Crippen molar-refractivity contribution in [3.8, 4) is 11.5 Å². The van der Waals surface area contributed by atoms with Crippen LogP contribution < -0.4 is 9.47 Å². The number of fused-ring (bicyclic) bond motifs is 1. The minimum Gasteiger partial charge on any atom is -0.481 e. The zero-order valence-corrected chi connectivity index (χ0v) is 18.3. The van der Waals surface area contributed by atoms with Crippen LogP contribution in [0, 0.1) is 5.82 Å². The van der Waals surface area contributed by atoms with Gasteiger partial charge in [0.2, 0.25) is 0 Å². The summed E-state index contributed by atoms with van der Waals surface area (Å²) in [5.41, 5.74) is 1.71. The highest BCUT2D eigenvalue weighted by Crippen LogP contribution is 2.40.